The molecule has 1 heterocycles. The van der Waals surface area contributed by atoms with Crippen LogP contribution in [0.25, 0.3) is 0 Å². The van der Waals surface area contributed by atoms with Gasteiger partial charge in [-0.1, -0.05) is 27.7 Å². The van der Waals surface area contributed by atoms with E-state index in [-0.39, 0.29) is 5.41 Å². The van der Waals surface area contributed by atoms with E-state index in [1.807, 2.05) is 6.20 Å². The van der Waals surface area contributed by atoms with Crippen LogP contribution in [0.15, 0.2) is 22.8 Å². The number of aromatic nitrogens is 1. The fourth-order valence-corrected chi connectivity index (χ4v) is 1.95. The molecule has 0 aliphatic heterocycles. The van der Waals surface area contributed by atoms with Gasteiger partial charge in [0.25, 0.3) is 0 Å². The second kappa shape index (κ2) is 6.50. The van der Waals surface area contributed by atoms with Gasteiger partial charge in [0, 0.05) is 29.0 Å². The molecule has 2 nitrogen and oxygen atoms in total. The van der Waals surface area contributed by atoms with Crippen molar-refractivity contribution in [3.8, 4) is 0 Å². The van der Waals surface area contributed by atoms with E-state index in [2.05, 4.69) is 66.1 Å². The van der Waals surface area contributed by atoms with Crippen molar-refractivity contribution in [3.05, 3.63) is 28.5 Å². The van der Waals surface area contributed by atoms with Gasteiger partial charge >= 0.3 is 0 Å². The molecule has 3 heteroatoms. The fourth-order valence-electron chi connectivity index (χ4n) is 1.71. The average Bonchev–Trinajstić information content (AvgIpc) is 2.30. The zero-order valence-electron chi connectivity index (χ0n) is 11.3. The molecule has 17 heavy (non-hydrogen) atoms. The molecule has 1 unspecified atom stereocenters. The summed E-state index contributed by atoms with van der Waals surface area (Å²) in [5.74, 6) is 0. The molecule has 0 aliphatic rings. The Morgan fingerprint density at radius 3 is 2.59 bits per heavy atom. The lowest BCUT2D eigenvalue weighted by Crippen LogP contribution is -2.36. The minimum atomic E-state index is 0.283. The van der Waals surface area contributed by atoms with E-state index >= 15 is 0 Å². The summed E-state index contributed by atoms with van der Waals surface area (Å²) in [6, 6.07) is 4.71. The summed E-state index contributed by atoms with van der Waals surface area (Å²) in [5, 5.41) is 3.53. The van der Waals surface area contributed by atoms with Gasteiger partial charge in [-0.3, -0.25) is 4.98 Å². The zero-order chi connectivity index (χ0) is 12.9. The number of hydrogen-bond donors (Lipinski definition) is 1. The maximum atomic E-state index is 4.46. The van der Waals surface area contributed by atoms with Crippen molar-refractivity contribution in [2.45, 2.75) is 46.6 Å². The highest BCUT2D eigenvalue weighted by Crippen LogP contribution is 2.25. The van der Waals surface area contributed by atoms with E-state index in [0.717, 1.165) is 23.9 Å². The third kappa shape index (κ3) is 5.17. The highest BCUT2D eigenvalue weighted by Gasteiger charge is 2.23. The molecular weight excluding hydrogens is 276 g/mol. The Bertz CT molecular complexity index is 335. The lowest BCUT2D eigenvalue weighted by molar-refractivity contribution is 0.278. The van der Waals surface area contributed by atoms with Crippen molar-refractivity contribution in [2.75, 3.05) is 6.54 Å². The molecule has 0 aliphatic carbocycles. The number of rotatable bonds is 6. The van der Waals surface area contributed by atoms with E-state index in [0.29, 0.717) is 6.04 Å². The minimum absolute atomic E-state index is 0.283. The molecule has 1 atom stereocenters. The molecule has 1 rings (SSSR count). The highest BCUT2D eigenvalue weighted by atomic mass is 79.9. The van der Waals surface area contributed by atoms with Crippen LogP contribution in [0.3, 0.4) is 0 Å². The summed E-state index contributed by atoms with van der Waals surface area (Å²) in [6.07, 6.45) is 4.06. The van der Waals surface area contributed by atoms with Gasteiger partial charge in [0.05, 0.1) is 0 Å². The third-order valence-corrected chi connectivity index (χ3v) is 3.66. The van der Waals surface area contributed by atoms with Crippen LogP contribution in [0.1, 0.15) is 39.8 Å². The summed E-state index contributed by atoms with van der Waals surface area (Å²) in [6.45, 7) is 9.99. The van der Waals surface area contributed by atoms with Gasteiger partial charge in [0.15, 0.2) is 0 Å². The maximum absolute atomic E-state index is 4.46. The number of nitrogens with zero attached hydrogens (tertiary/aromatic N) is 1. The predicted molar refractivity (Wildman–Crippen MR) is 77.2 cm³/mol. The molecule has 1 aromatic rings. The SMILES string of the molecule is CCC(C)(CNC(C)C)Cc1ccc(Br)cn1. The monoisotopic (exact) mass is 298 g/mol. The van der Waals surface area contributed by atoms with Crippen molar-refractivity contribution in [1.29, 1.82) is 0 Å². The second-order valence-electron chi connectivity index (χ2n) is 5.34. The van der Waals surface area contributed by atoms with Crippen LogP contribution in [0, 0.1) is 5.41 Å². The highest BCUT2D eigenvalue weighted by molar-refractivity contribution is 9.10. The largest absolute Gasteiger partial charge is 0.314 e. The number of hydrogen-bond acceptors (Lipinski definition) is 2. The predicted octanol–water partition coefficient (Wildman–Crippen LogP) is 3.80. The summed E-state index contributed by atoms with van der Waals surface area (Å²) in [4.78, 5) is 4.46. The Kier molecular flexibility index (Phi) is 5.60. The molecule has 0 spiro atoms. The average molecular weight is 299 g/mol. The van der Waals surface area contributed by atoms with Crippen LogP contribution >= 0.6 is 15.9 Å². The van der Waals surface area contributed by atoms with E-state index in [9.17, 15) is 0 Å². The lowest BCUT2D eigenvalue weighted by atomic mass is 9.82. The van der Waals surface area contributed by atoms with E-state index in [4.69, 9.17) is 0 Å². The van der Waals surface area contributed by atoms with E-state index in [1.165, 1.54) is 5.69 Å². The summed E-state index contributed by atoms with van der Waals surface area (Å²) >= 11 is 3.42. The Morgan fingerprint density at radius 1 is 1.41 bits per heavy atom. The second-order valence-corrected chi connectivity index (χ2v) is 6.26. The number of halogens is 1. The molecule has 1 aromatic heterocycles. The van der Waals surface area contributed by atoms with Crippen LogP contribution in [0.2, 0.25) is 0 Å². The molecule has 0 fully saturated rings. The van der Waals surface area contributed by atoms with Crippen molar-refractivity contribution >= 4 is 15.9 Å². The fraction of sp³-hybridized carbons (Fsp3) is 0.643. The van der Waals surface area contributed by atoms with Crippen molar-refractivity contribution in [1.82, 2.24) is 10.3 Å². The summed E-state index contributed by atoms with van der Waals surface area (Å²) in [5.41, 5.74) is 1.45. The van der Waals surface area contributed by atoms with Gasteiger partial charge in [0.1, 0.15) is 0 Å². The maximum Gasteiger partial charge on any atom is 0.0413 e. The third-order valence-electron chi connectivity index (χ3n) is 3.19. The Labute approximate surface area is 113 Å². The molecule has 0 saturated heterocycles. The molecule has 0 amide bonds. The minimum Gasteiger partial charge on any atom is -0.314 e. The van der Waals surface area contributed by atoms with Gasteiger partial charge in [-0.25, -0.2) is 0 Å². The number of nitrogens with one attached hydrogen (secondary N) is 1. The normalized spacial score (nSPS) is 14.9. The standard InChI is InChI=1S/C14H23BrN2/c1-5-14(4,10-17-11(2)3)8-13-7-6-12(15)9-16-13/h6-7,9,11,17H,5,8,10H2,1-4H3. The lowest BCUT2D eigenvalue weighted by Gasteiger charge is -2.29. The first kappa shape index (κ1) is 14.7. The van der Waals surface area contributed by atoms with E-state index < -0.39 is 0 Å². The van der Waals surface area contributed by atoms with Crippen molar-refractivity contribution < 1.29 is 0 Å². The van der Waals surface area contributed by atoms with Crippen LogP contribution in [-0.4, -0.2) is 17.6 Å². The zero-order valence-corrected chi connectivity index (χ0v) is 12.8. The summed E-state index contributed by atoms with van der Waals surface area (Å²) in [7, 11) is 0. The molecule has 0 bridgehead atoms. The Balaban J connectivity index is 2.64. The molecular formula is C14H23BrN2. The molecule has 0 aromatic carbocycles. The van der Waals surface area contributed by atoms with Crippen LogP contribution in [0.4, 0.5) is 0 Å². The first-order valence-electron chi connectivity index (χ1n) is 6.29. The summed E-state index contributed by atoms with van der Waals surface area (Å²) < 4.78 is 1.04. The molecule has 96 valence electrons. The van der Waals surface area contributed by atoms with E-state index in [1.54, 1.807) is 0 Å². The van der Waals surface area contributed by atoms with Crippen LogP contribution in [0.5, 0.6) is 0 Å². The molecule has 0 radical (unpaired) electrons. The Morgan fingerprint density at radius 2 is 2.12 bits per heavy atom. The van der Waals surface area contributed by atoms with Crippen molar-refractivity contribution in [3.63, 3.8) is 0 Å². The van der Waals surface area contributed by atoms with Crippen LogP contribution < -0.4 is 5.32 Å². The Hall–Kier alpha value is -0.410. The van der Waals surface area contributed by atoms with Gasteiger partial charge in [-0.2, -0.15) is 0 Å². The first-order chi connectivity index (χ1) is 7.95. The molecule has 0 saturated carbocycles. The van der Waals surface area contributed by atoms with Gasteiger partial charge in [-0.15, -0.1) is 0 Å². The van der Waals surface area contributed by atoms with Crippen LogP contribution in [-0.2, 0) is 6.42 Å². The quantitative estimate of drug-likeness (QED) is 0.864. The molecule has 1 N–H and O–H groups in total. The van der Waals surface area contributed by atoms with Gasteiger partial charge in [0.2, 0.25) is 0 Å². The van der Waals surface area contributed by atoms with Crippen molar-refractivity contribution in [2.24, 2.45) is 5.41 Å². The smallest absolute Gasteiger partial charge is 0.0413 e. The first-order valence-corrected chi connectivity index (χ1v) is 7.08. The van der Waals surface area contributed by atoms with Gasteiger partial charge < -0.3 is 5.32 Å². The van der Waals surface area contributed by atoms with Gasteiger partial charge in [-0.05, 0) is 46.3 Å². The topological polar surface area (TPSA) is 24.9 Å². The number of pyridine rings is 1.